The van der Waals surface area contributed by atoms with Gasteiger partial charge in [-0.05, 0) is 32.4 Å². The van der Waals surface area contributed by atoms with Crippen LogP contribution in [0, 0.1) is 0 Å². The molecular formula is C25H30N2O6. The van der Waals surface area contributed by atoms with Gasteiger partial charge in [0.25, 0.3) is 5.91 Å². The molecule has 1 atom stereocenters. The first-order valence-corrected chi connectivity index (χ1v) is 11.3. The highest BCUT2D eigenvalue weighted by Gasteiger charge is 2.43. The van der Waals surface area contributed by atoms with Crippen LogP contribution in [0.5, 0.6) is 11.5 Å². The highest BCUT2D eigenvalue weighted by Crippen LogP contribution is 2.40. The number of ether oxygens (including phenoxy) is 4. The van der Waals surface area contributed by atoms with Crippen LogP contribution in [0.3, 0.4) is 0 Å². The molecule has 2 aromatic rings. The van der Waals surface area contributed by atoms with E-state index in [9.17, 15) is 9.59 Å². The number of benzene rings is 2. The number of fused-ring (bicyclic) bond motifs is 1. The molecule has 0 spiro atoms. The number of nitrogens with zero attached hydrogens (tertiary/aromatic N) is 1. The molecular weight excluding hydrogens is 424 g/mol. The van der Waals surface area contributed by atoms with Gasteiger partial charge in [-0.2, -0.15) is 0 Å². The molecule has 0 bridgehead atoms. The Kier molecular flexibility index (Phi) is 6.74. The Morgan fingerprint density at radius 3 is 2.52 bits per heavy atom. The molecule has 8 heteroatoms. The fourth-order valence-electron chi connectivity index (χ4n) is 4.16. The molecule has 2 aliphatic heterocycles. The first-order chi connectivity index (χ1) is 15.9. The zero-order valence-electron chi connectivity index (χ0n) is 19.3. The second-order valence-corrected chi connectivity index (χ2v) is 8.19. The van der Waals surface area contributed by atoms with E-state index in [-0.39, 0.29) is 6.42 Å². The van der Waals surface area contributed by atoms with E-state index in [0.29, 0.717) is 49.2 Å². The van der Waals surface area contributed by atoms with Crippen LogP contribution in [-0.2, 0) is 20.7 Å². The molecule has 1 fully saturated rings. The van der Waals surface area contributed by atoms with Crippen molar-refractivity contribution < 1.29 is 28.5 Å². The number of carbonyl (C=O) groups is 2. The molecule has 1 unspecified atom stereocenters. The van der Waals surface area contributed by atoms with Crippen molar-refractivity contribution in [3.8, 4) is 11.5 Å². The zero-order chi connectivity index (χ0) is 23.4. The minimum atomic E-state index is -1.34. The van der Waals surface area contributed by atoms with Gasteiger partial charge in [-0.15, -0.1) is 0 Å². The second kappa shape index (κ2) is 9.70. The van der Waals surface area contributed by atoms with Crippen molar-refractivity contribution in [2.24, 2.45) is 0 Å². The van der Waals surface area contributed by atoms with E-state index < -0.39 is 17.5 Å². The smallest absolute Gasteiger partial charge is 0.339 e. The fourth-order valence-corrected chi connectivity index (χ4v) is 4.16. The van der Waals surface area contributed by atoms with Crippen molar-refractivity contribution in [1.82, 2.24) is 0 Å². The summed E-state index contributed by atoms with van der Waals surface area (Å²) in [6.07, 6.45) is 0.287. The third-order valence-corrected chi connectivity index (χ3v) is 5.82. The molecule has 176 valence electrons. The molecule has 0 aromatic heterocycles. The Hall–Kier alpha value is -3.26. The first-order valence-electron chi connectivity index (χ1n) is 11.3. The van der Waals surface area contributed by atoms with Crippen molar-refractivity contribution in [3.63, 3.8) is 0 Å². The number of nitrogens with one attached hydrogen (secondary N) is 1. The molecule has 1 N–H and O–H groups in total. The number of esters is 1. The number of anilines is 2. The lowest BCUT2D eigenvalue weighted by atomic mass is 9.89. The Morgan fingerprint density at radius 1 is 1.09 bits per heavy atom. The lowest BCUT2D eigenvalue weighted by Gasteiger charge is -2.33. The topological polar surface area (TPSA) is 86.3 Å². The first kappa shape index (κ1) is 22.9. The largest absolute Gasteiger partial charge is 0.492 e. The molecule has 1 amide bonds. The van der Waals surface area contributed by atoms with E-state index >= 15 is 0 Å². The molecule has 2 aliphatic rings. The lowest BCUT2D eigenvalue weighted by molar-refractivity contribution is -0.134. The predicted molar refractivity (Wildman–Crippen MR) is 124 cm³/mol. The average molecular weight is 455 g/mol. The summed E-state index contributed by atoms with van der Waals surface area (Å²) in [5, 5.41) is 2.92. The highest BCUT2D eigenvalue weighted by atomic mass is 16.6. The summed E-state index contributed by atoms with van der Waals surface area (Å²) >= 11 is 0. The van der Waals surface area contributed by atoms with Crippen LogP contribution in [0.1, 0.15) is 36.7 Å². The molecule has 0 saturated carbocycles. The molecule has 8 nitrogen and oxygen atoms in total. The molecule has 1 saturated heterocycles. The summed E-state index contributed by atoms with van der Waals surface area (Å²) < 4.78 is 22.8. The highest BCUT2D eigenvalue weighted by molar-refractivity contribution is 6.03. The third-order valence-electron chi connectivity index (χ3n) is 5.82. The number of carbonyl (C=O) groups excluding carboxylic acids is 2. The Morgan fingerprint density at radius 2 is 1.79 bits per heavy atom. The summed E-state index contributed by atoms with van der Waals surface area (Å²) in [6.45, 7) is 9.09. The number of hydrogen-bond donors (Lipinski definition) is 1. The van der Waals surface area contributed by atoms with Crippen molar-refractivity contribution in [1.29, 1.82) is 0 Å². The quantitative estimate of drug-likeness (QED) is 0.642. The fraction of sp³-hybridized carbons (Fsp3) is 0.440. The summed E-state index contributed by atoms with van der Waals surface area (Å²) in [7, 11) is 0. The number of morpholine rings is 1. The van der Waals surface area contributed by atoms with Gasteiger partial charge in [0.1, 0.15) is 11.5 Å². The number of hydrogen-bond acceptors (Lipinski definition) is 7. The minimum Gasteiger partial charge on any atom is -0.492 e. The standard InChI is InChI=1S/C25H30N2O6/c1-4-31-21-15-20(27-10-12-30-13-11-27)22(32-5-2)14-19(21)26-24(29)25(3)16-17-8-6-7-9-18(17)23(28)33-25/h6-9,14-15H,4-5,10-13,16H2,1-3H3,(H,26,29). The normalized spacial score (nSPS) is 20.0. The zero-order valence-corrected chi connectivity index (χ0v) is 19.3. The van der Waals surface area contributed by atoms with Crippen LogP contribution in [-0.4, -0.2) is 57.0 Å². The van der Waals surface area contributed by atoms with E-state index in [1.54, 1.807) is 25.1 Å². The van der Waals surface area contributed by atoms with Crippen molar-refractivity contribution in [2.75, 3.05) is 49.7 Å². The Balaban J connectivity index is 1.64. The third kappa shape index (κ3) is 4.75. The number of amides is 1. The Bertz CT molecular complexity index is 1030. The monoisotopic (exact) mass is 454 g/mol. The molecule has 0 aliphatic carbocycles. The van der Waals surface area contributed by atoms with Crippen LogP contribution in [0.2, 0.25) is 0 Å². The minimum absolute atomic E-state index is 0.287. The Labute approximate surface area is 193 Å². The lowest BCUT2D eigenvalue weighted by Crippen LogP contribution is -2.49. The second-order valence-electron chi connectivity index (χ2n) is 8.19. The number of cyclic esters (lactones) is 1. The van der Waals surface area contributed by atoms with Gasteiger partial charge < -0.3 is 29.2 Å². The van der Waals surface area contributed by atoms with Crippen LogP contribution in [0.25, 0.3) is 0 Å². The maximum Gasteiger partial charge on any atom is 0.339 e. The van der Waals surface area contributed by atoms with Gasteiger partial charge in [0.15, 0.2) is 5.60 Å². The molecule has 4 rings (SSSR count). The van der Waals surface area contributed by atoms with Crippen LogP contribution < -0.4 is 19.7 Å². The van der Waals surface area contributed by atoms with Gasteiger partial charge >= 0.3 is 5.97 Å². The predicted octanol–water partition coefficient (Wildman–Crippen LogP) is 3.43. The molecule has 0 radical (unpaired) electrons. The maximum atomic E-state index is 13.3. The maximum absolute atomic E-state index is 13.3. The van der Waals surface area contributed by atoms with Gasteiger partial charge in [-0.25, -0.2) is 4.79 Å². The van der Waals surface area contributed by atoms with Gasteiger partial charge in [-0.1, -0.05) is 18.2 Å². The van der Waals surface area contributed by atoms with Crippen LogP contribution >= 0.6 is 0 Å². The SMILES string of the molecule is CCOc1cc(N2CCOCC2)c(OCC)cc1NC(=O)C1(C)Cc2ccccc2C(=O)O1. The molecule has 33 heavy (non-hydrogen) atoms. The number of rotatable bonds is 7. The van der Waals surface area contributed by atoms with E-state index in [0.717, 1.165) is 24.3 Å². The van der Waals surface area contributed by atoms with E-state index in [1.165, 1.54) is 0 Å². The van der Waals surface area contributed by atoms with Gasteiger partial charge in [0.05, 0.1) is 43.4 Å². The van der Waals surface area contributed by atoms with E-state index in [1.807, 2.05) is 32.0 Å². The van der Waals surface area contributed by atoms with E-state index in [2.05, 4.69) is 10.2 Å². The van der Waals surface area contributed by atoms with Crippen molar-refractivity contribution in [2.45, 2.75) is 32.8 Å². The van der Waals surface area contributed by atoms with Gasteiger partial charge in [0, 0.05) is 31.6 Å². The summed E-state index contributed by atoms with van der Waals surface area (Å²) in [4.78, 5) is 28.1. The molecule has 2 aromatic carbocycles. The summed E-state index contributed by atoms with van der Waals surface area (Å²) in [6, 6.07) is 10.8. The van der Waals surface area contributed by atoms with Gasteiger partial charge in [-0.3, -0.25) is 4.79 Å². The van der Waals surface area contributed by atoms with E-state index in [4.69, 9.17) is 18.9 Å². The summed E-state index contributed by atoms with van der Waals surface area (Å²) in [5.74, 6) is 0.251. The van der Waals surface area contributed by atoms with Crippen LogP contribution in [0.15, 0.2) is 36.4 Å². The van der Waals surface area contributed by atoms with Gasteiger partial charge in [0.2, 0.25) is 0 Å². The van der Waals surface area contributed by atoms with Crippen molar-refractivity contribution >= 4 is 23.3 Å². The average Bonchev–Trinajstić information content (AvgIpc) is 2.81. The molecule has 2 heterocycles. The van der Waals surface area contributed by atoms with Crippen LogP contribution in [0.4, 0.5) is 11.4 Å². The summed E-state index contributed by atoms with van der Waals surface area (Å²) in [5.41, 5.74) is 1.30. The van der Waals surface area contributed by atoms with Crippen molar-refractivity contribution in [3.05, 3.63) is 47.5 Å².